The van der Waals surface area contributed by atoms with Gasteiger partial charge in [-0.2, -0.15) is 0 Å². The van der Waals surface area contributed by atoms with E-state index < -0.39 is 18.5 Å². The van der Waals surface area contributed by atoms with Crippen LogP contribution in [0.5, 0.6) is 23.0 Å². The van der Waals surface area contributed by atoms with Gasteiger partial charge in [-0.3, -0.25) is 14.9 Å². The van der Waals surface area contributed by atoms with Crippen molar-refractivity contribution in [2.75, 3.05) is 33.3 Å². The van der Waals surface area contributed by atoms with Crippen molar-refractivity contribution in [3.8, 4) is 23.0 Å². The van der Waals surface area contributed by atoms with E-state index in [4.69, 9.17) is 33.2 Å². The van der Waals surface area contributed by atoms with E-state index in [9.17, 15) is 19.2 Å². The summed E-state index contributed by atoms with van der Waals surface area (Å²) >= 11 is 0. The SMILES string of the molecule is COc1ccc(C[C@H]2COC(=O)[C@@H]2Cc2ccc(OC(=O)Nc3ccc(CN[C@H]4CC[C@@H](C(=O)OC(C)OC(=O)NC56CC7CC(C)(CC(C)(C7)C5)C6)CC4)cc3)c(OC)c2)cc1OC. The summed E-state index contributed by atoms with van der Waals surface area (Å²) in [6.07, 6.45) is 8.63. The molecule has 5 saturated carbocycles. The Balaban J connectivity index is 0.741. The number of alkyl carbamates (subject to hydrolysis) is 1. The Labute approximate surface area is 382 Å². The molecule has 1 heterocycles. The van der Waals surface area contributed by atoms with Gasteiger partial charge in [0, 0.05) is 36.7 Å². The lowest BCUT2D eigenvalue weighted by Crippen LogP contribution is -2.65. The molecule has 350 valence electrons. The second kappa shape index (κ2) is 19.1. The molecule has 65 heavy (non-hydrogen) atoms. The average Bonchev–Trinajstić information content (AvgIpc) is 3.59. The van der Waals surface area contributed by atoms with E-state index >= 15 is 0 Å². The van der Waals surface area contributed by atoms with Gasteiger partial charge in [0.2, 0.25) is 6.29 Å². The number of amides is 2. The molecule has 1 saturated heterocycles. The summed E-state index contributed by atoms with van der Waals surface area (Å²) < 4.78 is 38.7. The van der Waals surface area contributed by atoms with Crippen LogP contribution < -0.4 is 34.9 Å². The molecule has 3 aromatic carbocycles. The molecule has 0 radical (unpaired) electrons. The summed E-state index contributed by atoms with van der Waals surface area (Å²) in [7, 11) is 4.69. The van der Waals surface area contributed by atoms with Crippen molar-refractivity contribution in [1.29, 1.82) is 0 Å². The van der Waals surface area contributed by atoms with E-state index in [0.717, 1.165) is 48.8 Å². The van der Waals surface area contributed by atoms with Crippen LogP contribution in [0.4, 0.5) is 15.3 Å². The number of ether oxygens (including phenoxy) is 7. The van der Waals surface area contributed by atoms with Crippen LogP contribution in [0.1, 0.15) is 102 Å². The highest BCUT2D eigenvalue weighted by Crippen LogP contribution is 2.66. The topological polar surface area (TPSA) is 169 Å². The molecular weight excluding hydrogens is 831 g/mol. The number of hydrogen-bond donors (Lipinski definition) is 3. The zero-order valence-electron chi connectivity index (χ0n) is 38.6. The van der Waals surface area contributed by atoms with Crippen LogP contribution in [0.25, 0.3) is 0 Å². The van der Waals surface area contributed by atoms with Gasteiger partial charge < -0.3 is 43.8 Å². The van der Waals surface area contributed by atoms with Crippen LogP contribution in [0.2, 0.25) is 0 Å². The number of cyclic esters (lactones) is 1. The van der Waals surface area contributed by atoms with Gasteiger partial charge in [-0.1, -0.05) is 38.1 Å². The number of carbonyl (C=O) groups excluding carboxylic acids is 4. The monoisotopic (exact) mass is 895 g/mol. The number of hydrogen-bond acceptors (Lipinski definition) is 12. The first-order valence-corrected chi connectivity index (χ1v) is 23.2. The van der Waals surface area contributed by atoms with Crippen molar-refractivity contribution in [2.24, 2.45) is 34.5 Å². The lowest BCUT2D eigenvalue weighted by atomic mass is 9.43. The minimum absolute atomic E-state index is 0.0319. The van der Waals surface area contributed by atoms with E-state index in [1.807, 2.05) is 48.5 Å². The molecule has 2 amide bonds. The van der Waals surface area contributed by atoms with E-state index in [2.05, 4.69) is 29.8 Å². The van der Waals surface area contributed by atoms with Gasteiger partial charge in [0.05, 0.1) is 39.8 Å². The summed E-state index contributed by atoms with van der Waals surface area (Å²) in [5.74, 6) is 1.35. The maximum Gasteiger partial charge on any atom is 0.417 e. The van der Waals surface area contributed by atoms with Gasteiger partial charge in [-0.15, -0.1) is 0 Å². The van der Waals surface area contributed by atoms with Crippen molar-refractivity contribution >= 4 is 29.8 Å². The summed E-state index contributed by atoms with van der Waals surface area (Å²) in [6.45, 7) is 7.30. The summed E-state index contributed by atoms with van der Waals surface area (Å²) in [5.41, 5.74) is 3.78. The Morgan fingerprint density at radius 2 is 1.34 bits per heavy atom. The fourth-order valence-electron chi connectivity index (χ4n) is 12.6. The molecule has 3 unspecified atom stereocenters. The second-order valence-electron chi connectivity index (χ2n) is 20.2. The minimum Gasteiger partial charge on any atom is -0.493 e. The number of anilines is 1. The third kappa shape index (κ3) is 11.0. The van der Waals surface area contributed by atoms with Crippen molar-refractivity contribution < 1.29 is 52.3 Å². The van der Waals surface area contributed by atoms with Crippen molar-refractivity contribution in [2.45, 2.75) is 122 Å². The zero-order chi connectivity index (χ0) is 45.9. The Kier molecular flexibility index (Phi) is 13.6. The largest absolute Gasteiger partial charge is 0.493 e. The lowest BCUT2D eigenvalue weighted by molar-refractivity contribution is -0.172. The lowest BCUT2D eigenvalue weighted by Gasteiger charge is -2.65. The molecule has 5 atom stereocenters. The summed E-state index contributed by atoms with van der Waals surface area (Å²) in [5, 5.41) is 9.61. The van der Waals surface area contributed by atoms with Crippen molar-refractivity contribution in [1.82, 2.24) is 10.6 Å². The zero-order valence-corrected chi connectivity index (χ0v) is 38.6. The van der Waals surface area contributed by atoms with Crippen LogP contribution in [0.3, 0.4) is 0 Å². The third-order valence-electron chi connectivity index (χ3n) is 14.5. The minimum atomic E-state index is -0.957. The standard InChI is InChI=1S/C51H65N3O11/c1-31(64-48(58)54-51-25-35-23-49(2,29-51)28-50(3,24-35)30-51)63-45(55)36-11-15-38(16-12-36)52-26-32-7-13-39(14-8-32)53-47(57)65-42-18-10-34(22-44(42)61-6)20-40-37(27-62-46(40)56)19-33-9-17-41(59-4)43(21-33)60-5/h7-10,13-14,17-18,21-22,31,35-38,40,52H,11-12,15-16,19-20,23-30H2,1-6H3,(H,53,57)(H,54,58)/t31?,35?,36-,37-,38+,40+,49?,50?,51?/m0/s1. The van der Waals surface area contributed by atoms with Gasteiger partial charge in [0.25, 0.3) is 0 Å². The number of nitrogens with one attached hydrogen (secondary N) is 3. The fraction of sp³-hybridized carbons (Fsp3) is 0.569. The molecule has 1 aliphatic heterocycles. The molecule has 3 aromatic rings. The number of esters is 2. The molecule has 3 N–H and O–H groups in total. The summed E-state index contributed by atoms with van der Waals surface area (Å²) in [6, 6.07) is 18.8. The number of carbonyl (C=O) groups is 4. The van der Waals surface area contributed by atoms with Gasteiger partial charge in [0.1, 0.15) is 0 Å². The normalized spacial score (nSPS) is 29.3. The maximum absolute atomic E-state index is 13.1. The highest BCUT2D eigenvalue weighted by Gasteiger charge is 2.60. The molecule has 6 aliphatic rings. The number of rotatable bonds is 16. The molecule has 14 nitrogen and oxygen atoms in total. The average molecular weight is 896 g/mol. The van der Waals surface area contributed by atoms with Gasteiger partial charge in [-0.05, 0) is 147 Å². The molecule has 4 bridgehead atoms. The first kappa shape index (κ1) is 46.0. The van der Waals surface area contributed by atoms with Gasteiger partial charge in [0.15, 0.2) is 23.0 Å². The molecule has 0 aromatic heterocycles. The first-order valence-electron chi connectivity index (χ1n) is 23.2. The van der Waals surface area contributed by atoms with E-state index in [0.29, 0.717) is 67.7 Å². The number of methoxy groups -OCH3 is 3. The van der Waals surface area contributed by atoms with Crippen LogP contribution in [-0.2, 0) is 43.2 Å². The maximum atomic E-state index is 13.1. The molecular formula is C51H65N3O11. The van der Waals surface area contributed by atoms with E-state index in [-0.39, 0.29) is 57.9 Å². The Morgan fingerprint density at radius 1 is 0.723 bits per heavy atom. The van der Waals surface area contributed by atoms with Gasteiger partial charge in [-0.25, -0.2) is 9.59 Å². The smallest absolute Gasteiger partial charge is 0.417 e. The van der Waals surface area contributed by atoms with E-state index in [1.54, 1.807) is 33.3 Å². The highest BCUT2D eigenvalue weighted by atomic mass is 16.7. The van der Waals surface area contributed by atoms with Crippen LogP contribution in [-0.4, -0.2) is 69.9 Å². The first-order chi connectivity index (χ1) is 31.1. The third-order valence-corrected chi connectivity index (χ3v) is 14.5. The Hall–Kier alpha value is -5.50. The molecule has 6 fully saturated rings. The molecule has 0 spiro atoms. The predicted molar refractivity (Wildman–Crippen MR) is 242 cm³/mol. The summed E-state index contributed by atoms with van der Waals surface area (Å²) in [4.78, 5) is 51.9. The quantitative estimate of drug-likeness (QED) is 0.0924. The molecule has 9 rings (SSSR count). The second-order valence-corrected chi connectivity index (χ2v) is 20.2. The molecule has 5 aliphatic carbocycles. The Bertz CT molecular complexity index is 2200. The van der Waals surface area contributed by atoms with Crippen LogP contribution >= 0.6 is 0 Å². The van der Waals surface area contributed by atoms with Crippen LogP contribution in [0.15, 0.2) is 60.7 Å². The molecule has 14 heteroatoms. The number of benzene rings is 3. The Morgan fingerprint density at radius 3 is 1.98 bits per heavy atom. The van der Waals surface area contributed by atoms with Crippen molar-refractivity contribution in [3.63, 3.8) is 0 Å². The van der Waals surface area contributed by atoms with E-state index in [1.165, 1.54) is 26.4 Å². The highest BCUT2D eigenvalue weighted by molar-refractivity contribution is 5.86. The van der Waals surface area contributed by atoms with Gasteiger partial charge >= 0.3 is 24.1 Å². The predicted octanol–water partition coefficient (Wildman–Crippen LogP) is 8.91. The van der Waals surface area contributed by atoms with Crippen LogP contribution in [0, 0.1) is 34.5 Å². The fourth-order valence-corrected chi connectivity index (χ4v) is 12.6. The van der Waals surface area contributed by atoms with Crippen molar-refractivity contribution in [3.05, 3.63) is 77.4 Å².